The van der Waals surface area contributed by atoms with Crippen LogP contribution >= 0.6 is 0 Å². The van der Waals surface area contributed by atoms with Gasteiger partial charge in [0, 0.05) is 31.8 Å². The third kappa shape index (κ3) is 6.40. The van der Waals surface area contributed by atoms with Crippen LogP contribution in [0.3, 0.4) is 0 Å². The molecule has 1 aliphatic heterocycles. The minimum Gasteiger partial charge on any atom is -0.336 e. The van der Waals surface area contributed by atoms with E-state index in [9.17, 15) is 22.8 Å². The van der Waals surface area contributed by atoms with Crippen LogP contribution in [-0.2, 0) is 15.8 Å². The van der Waals surface area contributed by atoms with Crippen molar-refractivity contribution in [3.8, 4) is 0 Å². The second-order valence-corrected chi connectivity index (χ2v) is 8.49. The first-order valence-electron chi connectivity index (χ1n) is 11.6. The van der Waals surface area contributed by atoms with Gasteiger partial charge in [-0.25, -0.2) is 0 Å². The highest BCUT2D eigenvalue weighted by Gasteiger charge is 2.33. The molecule has 186 valence electrons. The SMILES string of the molecule is O=C(CN1CCN(C(=O)/C(=C/c2ccccc2)c2ccccc2)CC1)Nc1ccccc1C(F)(F)F. The molecule has 1 fully saturated rings. The van der Waals surface area contributed by atoms with E-state index in [2.05, 4.69) is 5.32 Å². The Morgan fingerprint density at radius 2 is 1.39 bits per heavy atom. The number of hydrogen-bond donors (Lipinski definition) is 1. The normalized spacial score (nSPS) is 15.0. The smallest absolute Gasteiger partial charge is 0.336 e. The number of nitrogens with one attached hydrogen (secondary N) is 1. The zero-order valence-corrected chi connectivity index (χ0v) is 19.5. The van der Waals surface area contributed by atoms with Crippen LogP contribution in [-0.4, -0.2) is 54.3 Å². The van der Waals surface area contributed by atoms with Gasteiger partial charge in [0.15, 0.2) is 0 Å². The van der Waals surface area contributed by atoms with E-state index in [0.717, 1.165) is 17.2 Å². The molecule has 1 aliphatic rings. The Morgan fingerprint density at radius 1 is 0.806 bits per heavy atom. The summed E-state index contributed by atoms with van der Waals surface area (Å²) in [5.41, 5.74) is 1.17. The number of anilines is 1. The largest absolute Gasteiger partial charge is 0.418 e. The number of nitrogens with zero attached hydrogens (tertiary/aromatic N) is 2. The van der Waals surface area contributed by atoms with Crippen LogP contribution in [0.2, 0.25) is 0 Å². The standard InChI is InChI=1S/C28H26F3N3O2/c29-28(30,31)24-13-7-8-14-25(24)32-26(35)20-33-15-17-34(18-16-33)27(36)23(22-11-5-2-6-12-22)19-21-9-3-1-4-10-21/h1-14,19H,15-18,20H2,(H,32,35)/b23-19+. The first-order chi connectivity index (χ1) is 17.3. The van der Waals surface area contributed by atoms with E-state index in [1.807, 2.05) is 71.6 Å². The number of benzene rings is 3. The monoisotopic (exact) mass is 493 g/mol. The lowest BCUT2D eigenvalue weighted by molar-refractivity contribution is -0.137. The summed E-state index contributed by atoms with van der Waals surface area (Å²) in [6.45, 7) is 1.63. The van der Waals surface area contributed by atoms with Crippen molar-refractivity contribution in [1.82, 2.24) is 9.80 Å². The number of amides is 2. The molecule has 0 unspecified atom stereocenters. The van der Waals surface area contributed by atoms with Crippen molar-refractivity contribution in [2.24, 2.45) is 0 Å². The maximum atomic E-state index is 13.5. The third-order valence-electron chi connectivity index (χ3n) is 5.96. The van der Waals surface area contributed by atoms with Crippen molar-refractivity contribution in [2.45, 2.75) is 6.18 Å². The first kappa shape index (κ1) is 25.2. The van der Waals surface area contributed by atoms with E-state index in [1.165, 1.54) is 18.2 Å². The summed E-state index contributed by atoms with van der Waals surface area (Å²) >= 11 is 0. The molecule has 0 spiro atoms. The summed E-state index contributed by atoms with van der Waals surface area (Å²) in [7, 11) is 0. The van der Waals surface area contributed by atoms with Crippen molar-refractivity contribution in [3.05, 3.63) is 102 Å². The van der Waals surface area contributed by atoms with Gasteiger partial charge in [0.25, 0.3) is 5.91 Å². The van der Waals surface area contributed by atoms with Gasteiger partial charge in [-0.05, 0) is 29.3 Å². The van der Waals surface area contributed by atoms with Crippen LogP contribution in [0.15, 0.2) is 84.9 Å². The van der Waals surface area contributed by atoms with Crippen molar-refractivity contribution in [1.29, 1.82) is 0 Å². The maximum Gasteiger partial charge on any atom is 0.418 e. The second kappa shape index (κ2) is 11.2. The van der Waals surface area contributed by atoms with Gasteiger partial charge >= 0.3 is 6.18 Å². The summed E-state index contributed by atoms with van der Waals surface area (Å²) in [4.78, 5) is 29.5. The molecule has 3 aromatic rings. The average molecular weight is 494 g/mol. The molecule has 0 atom stereocenters. The zero-order chi connectivity index (χ0) is 25.5. The predicted molar refractivity (Wildman–Crippen MR) is 134 cm³/mol. The number of para-hydroxylation sites is 1. The molecule has 1 saturated heterocycles. The summed E-state index contributed by atoms with van der Waals surface area (Å²) in [5, 5.41) is 2.38. The molecule has 0 bridgehead atoms. The number of halogens is 3. The van der Waals surface area contributed by atoms with E-state index in [4.69, 9.17) is 0 Å². The minimum absolute atomic E-state index is 0.0559. The van der Waals surface area contributed by atoms with Gasteiger partial charge in [-0.2, -0.15) is 13.2 Å². The quantitative estimate of drug-likeness (QED) is 0.387. The molecule has 4 rings (SSSR count). The maximum absolute atomic E-state index is 13.5. The molecular weight excluding hydrogens is 467 g/mol. The van der Waals surface area contributed by atoms with Gasteiger partial charge in [0.1, 0.15) is 0 Å². The fourth-order valence-electron chi connectivity index (χ4n) is 4.11. The summed E-state index contributed by atoms with van der Waals surface area (Å²) < 4.78 is 39.6. The lowest BCUT2D eigenvalue weighted by Gasteiger charge is -2.35. The highest BCUT2D eigenvalue weighted by atomic mass is 19.4. The van der Waals surface area contributed by atoms with Crippen LogP contribution in [0.1, 0.15) is 16.7 Å². The van der Waals surface area contributed by atoms with E-state index >= 15 is 0 Å². The van der Waals surface area contributed by atoms with Crippen molar-refractivity contribution < 1.29 is 22.8 Å². The van der Waals surface area contributed by atoms with Crippen LogP contribution < -0.4 is 5.32 Å². The zero-order valence-electron chi connectivity index (χ0n) is 19.5. The summed E-state index contributed by atoms with van der Waals surface area (Å²) in [6, 6.07) is 24.0. The molecule has 5 nitrogen and oxygen atoms in total. The lowest BCUT2D eigenvalue weighted by atomic mass is 10.0. The molecule has 8 heteroatoms. The van der Waals surface area contributed by atoms with Gasteiger partial charge in [-0.15, -0.1) is 0 Å². The van der Waals surface area contributed by atoms with Crippen LogP contribution in [0.5, 0.6) is 0 Å². The molecule has 0 aliphatic carbocycles. The Kier molecular flexibility index (Phi) is 7.85. The molecule has 0 saturated carbocycles. The summed E-state index contributed by atoms with van der Waals surface area (Å²) in [6.07, 6.45) is -2.69. The fourth-order valence-corrected chi connectivity index (χ4v) is 4.11. The van der Waals surface area contributed by atoms with Crippen molar-refractivity contribution >= 4 is 29.2 Å². The first-order valence-corrected chi connectivity index (χ1v) is 11.6. The minimum atomic E-state index is -4.56. The number of rotatable bonds is 6. The molecule has 0 aromatic heterocycles. The van der Waals surface area contributed by atoms with Gasteiger partial charge in [0.05, 0.1) is 17.8 Å². The van der Waals surface area contributed by atoms with Crippen molar-refractivity contribution in [3.63, 3.8) is 0 Å². The van der Waals surface area contributed by atoms with Gasteiger partial charge in [0.2, 0.25) is 5.91 Å². The number of piperazine rings is 1. The number of alkyl halides is 3. The molecular formula is C28H26F3N3O2. The Bertz CT molecular complexity index is 1220. The molecule has 36 heavy (non-hydrogen) atoms. The van der Waals surface area contributed by atoms with Crippen LogP contribution in [0.25, 0.3) is 11.6 Å². The van der Waals surface area contributed by atoms with E-state index in [-0.39, 0.29) is 18.1 Å². The lowest BCUT2D eigenvalue weighted by Crippen LogP contribution is -2.50. The number of carbonyl (C=O) groups is 2. The Balaban J connectivity index is 1.39. The number of hydrogen-bond acceptors (Lipinski definition) is 3. The molecule has 3 aromatic carbocycles. The highest BCUT2D eigenvalue weighted by Crippen LogP contribution is 2.34. The fraction of sp³-hybridized carbons (Fsp3) is 0.214. The predicted octanol–water partition coefficient (Wildman–Crippen LogP) is 5.03. The van der Waals surface area contributed by atoms with E-state index in [0.29, 0.717) is 31.8 Å². The van der Waals surface area contributed by atoms with Gasteiger partial charge < -0.3 is 10.2 Å². The molecule has 1 heterocycles. The average Bonchev–Trinajstić information content (AvgIpc) is 2.88. The Hall–Kier alpha value is -3.91. The van der Waals surface area contributed by atoms with E-state index < -0.39 is 17.6 Å². The van der Waals surface area contributed by atoms with Crippen LogP contribution in [0.4, 0.5) is 18.9 Å². The molecule has 2 amide bonds. The molecule has 0 radical (unpaired) electrons. The topological polar surface area (TPSA) is 52.7 Å². The Labute approximate surface area is 207 Å². The highest BCUT2D eigenvalue weighted by molar-refractivity contribution is 6.24. The number of carbonyl (C=O) groups excluding carboxylic acids is 2. The van der Waals surface area contributed by atoms with Crippen LogP contribution in [0, 0.1) is 0 Å². The molecule has 1 N–H and O–H groups in total. The van der Waals surface area contributed by atoms with Gasteiger partial charge in [-0.1, -0.05) is 72.8 Å². The summed E-state index contributed by atoms with van der Waals surface area (Å²) in [5.74, 6) is -0.631. The van der Waals surface area contributed by atoms with Gasteiger partial charge in [-0.3, -0.25) is 14.5 Å². The second-order valence-electron chi connectivity index (χ2n) is 8.49. The third-order valence-corrected chi connectivity index (χ3v) is 5.96. The Morgan fingerprint density at radius 3 is 2.03 bits per heavy atom. The van der Waals surface area contributed by atoms with Crippen molar-refractivity contribution in [2.75, 3.05) is 38.0 Å². The van der Waals surface area contributed by atoms with E-state index in [1.54, 1.807) is 4.90 Å².